The minimum absolute atomic E-state index is 0.122. The molecule has 2 rings (SSSR count). The van der Waals surface area contributed by atoms with Crippen molar-refractivity contribution >= 4 is 10.0 Å². The number of aliphatic hydroxyl groups excluding tert-OH is 1. The Morgan fingerprint density at radius 2 is 1.90 bits per heavy atom. The average Bonchev–Trinajstić information content (AvgIpc) is 2.52. The van der Waals surface area contributed by atoms with E-state index in [0.29, 0.717) is 12.1 Å². The van der Waals surface area contributed by atoms with Gasteiger partial charge in [0.25, 0.3) is 0 Å². The number of aromatic nitrogens is 2. The van der Waals surface area contributed by atoms with Crippen molar-refractivity contribution in [1.82, 2.24) is 14.7 Å². The molecule has 0 aliphatic carbocycles. The van der Waals surface area contributed by atoms with E-state index in [9.17, 15) is 8.42 Å². The van der Waals surface area contributed by atoms with Gasteiger partial charge in [0.1, 0.15) is 6.33 Å². The largest absolute Gasteiger partial charge is 0.396 e. The topological polar surface area (TPSA) is 92.2 Å². The molecule has 7 heteroatoms. The Balaban J connectivity index is 2.02. The van der Waals surface area contributed by atoms with E-state index >= 15 is 0 Å². The highest BCUT2D eigenvalue weighted by molar-refractivity contribution is 7.89. The Hall–Kier alpha value is -1.83. The summed E-state index contributed by atoms with van der Waals surface area (Å²) >= 11 is 0. The number of nitrogens with one attached hydrogen (secondary N) is 1. The SMILES string of the molecule is O=S(=O)(NCc1ccncn1)c1ccc(CCCO)cc1. The predicted molar refractivity (Wildman–Crippen MR) is 77.9 cm³/mol. The van der Waals surface area contributed by atoms with Crippen molar-refractivity contribution < 1.29 is 13.5 Å². The van der Waals surface area contributed by atoms with Crippen LogP contribution < -0.4 is 4.72 Å². The Labute approximate surface area is 123 Å². The van der Waals surface area contributed by atoms with Gasteiger partial charge in [0.2, 0.25) is 10.0 Å². The molecular weight excluding hydrogens is 290 g/mol. The Bertz CT molecular complexity index is 658. The van der Waals surface area contributed by atoms with Crippen LogP contribution in [-0.4, -0.2) is 30.1 Å². The lowest BCUT2D eigenvalue weighted by atomic mass is 10.1. The Morgan fingerprint density at radius 1 is 1.14 bits per heavy atom. The van der Waals surface area contributed by atoms with E-state index in [1.807, 2.05) is 0 Å². The van der Waals surface area contributed by atoms with Crippen LogP contribution in [0.1, 0.15) is 17.7 Å². The van der Waals surface area contributed by atoms with Gasteiger partial charge in [-0.3, -0.25) is 0 Å². The molecule has 1 heterocycles. The van der Waals surface area contributed by atoms with Gasteiger partial charge in [-0.2, -0.15) is 0 Å². The third-order valence-electron chi connectivity index (χ3n) is 2.94. The van der Waals surface area contributed by atoms with Crippen LogP contribution in [0.5, 0.6) is 0 Å². The molecule has 2 aromatic rings. The molecule has 0 aliphatic heterocycles. The second-order valence-electron chi connectivity index (χ2n) is 4.50. The summed E-state index contributed by atoms with van der Waals surface area (Å²) in [4.78, 5) is 7.95. The molecule has 6 nitrogen and oxygen atoms in total. The van der Waals surface area contributed by atoms with Crippen LogP contribution >= 0.6 is 0 Å². The summed E-state index contributed by atoms with van der Waals surface area (Å²) in [5, 5.41) is 8.77. The third kappa shape index (κ3) is 4.59. The zero-order valence-electron chi connectivity index (χ0n) is 11.4. The molecule has 0 unspecified atom stereocenters. The van der Waals surface area contributed by atoms with Gasteiger partial charge in [0.05, 0.1) is 17.1 Å². The summed E-state index contributed by atoms with van der Waals surface area (Å²) in [6.07, 6.45) is 4.33. The maximum atomic E-state index is 12.1. The standard InChI is InChI=1S/C14H17N3O3S/c18-9-1-2-12-3-5-14(6-4-12)21(19,20)17-10-13-7-8-15-11-16-13/h3-8,11,17-18H,1-2,9-10H2. The summed E-state index contributed by atoms with van der Waals surface area (Å²) in [6, 6.07) is 8.30. The fourth-order valence-electron chi connectivity index (χ4n) is 1.79. The molecule has 2 N–H and O–H groups in total. The first-order valence-corrected chi connectivity index (χ1v) is 8.04. The smallest absolute Gasteiger partial charge is 0.240 e. The molecule has 1 aromatic heterocycles. The number of nitrogens with zero attached hydrogens (tertiary/aromatic N) is 2. The molecular formula is C14H17N3O3S. The van der Waals surface area contributed by atoms with E-state index in [1.54, 1.807) is 36.5 Å². The van der Waals surface area contributed by atoms with Crippen LogP contribution in [0.15, 0.2) is 47.8 Å². The van der Waals surface area contributed by atoms with Gasteiger partial charge in [-0.15, -0.1) is 0 Å². The molecule has 0 aliphatic rings. The lowest BCUT2D eigenvalue weighted by molar-refractivity contribution is 0.288. The summed E-state index contributed by atoms with van der Waals surface area (Å²) in [6.45, 7) is 0.248. The first-order valence-electron chi connectivity index (χ1n) is 6.56. The van der Waals surface area contributed by atoms with Crippen LogP contribution in [0.2, 0.25) is 0 Å². The van der Waals surface area contributed by atoms with Crippen molar-refractivity contribution in [1.29, 1.82) is 0 Å². The number of hydrogen-bond acceptors (Lipinski definition) is 5. The number of hydrogen-bond donors (Lipinski definition) is 2. The maximum absolute atomic E-state index is 12.1. The maximum Gasteiger partial charge on any atom is 0.240 e. The van der Waals surface area contributed by atoms with Crippen LogP contribution in [0.25, 0.3) is 0 Å². The van der Waals surface area contributed by atoms with Crippen molar-refractivity contribution in [2.45, 2.75) is 24.3 Å². The molecule has 1 aromatic carbocycles. The Morgan fingerprint density at radius 3 is 2.52 bits per heavy atom. The summed E-state index contributed by atoms with van der Waals surface area (Å²) in [7, 11) is -3.56. The molecule has 0 radical (unpaired) electrons. The van der Waals surface area contributed by atoms with E-state index in [2.05, 4.69) is 14.7 Å². The van der Waals surface area contributed by atoms with Gasteiger partial charge in [0, 0.05) is 12.8 Å². The van der Waals surface area contributed by atoms with Gasteiger partial charge in [-0.25, -0.2) is 23.1 Å². The van der Waals surface area contributed by atoms with Crippen molar-refractivity contribution in [3.05, 3.63) is 54.1 Å². The molecule has 112 valence electrons. The summed E-state index contributed by atoms with van der Waals surface area (Å²) in [5.41, 5.74) is 1.60. The van der Waals surface area contributed by atoms with E-state index in [4.69, 9.17) is 5.11 Å². The molecule has 0 amide bonds. The van der Waals surface area contributed by atoms with Crippen molar-refractivity contribution in [2.75, 3.05) is 6.61 Å². The van der Waals surface area contributed by atoms with Crippen molar-refractivity contribution in [3.63, 3.8) is 0 Å². The lowest BCUT2D eigenvalue weighted by Crippen LogP contribution is -2.23. The zero-order valence-corrected chi connectivity index (χ0v) is 12.3. The predicted octanol–water partition coefficient (Wildman–Crippen LogP) is 0.880. The molecule has 0 saturated heterocycles. The van der Waals surface area contributed by atoms with Gasteiger partial charge in [-0.05, 0) is 36.6 Å². The quantitative estimate of drug-likeness (QED) is 0.792. The van der Waals surface area contributed by atoms with Crippen LogP contribution in [0.4, 0.5) is 0 Å². The molecule has 0 spiro atoms. The van der Waals surface area contributed by atoms with E-state index in [-0.39, 0.29) is 18.0 Å². The second kappa shape index (κ2) is 7.26. The number of benzene rings is 1. The van der Waals surface area contributed by atoms with Gasteiger partial charge < -0.3 is 5.11 Å². The second-order valence-corrected chi connectivity index (χ2v) is 6.26. The zero-order chi connectivity index (χ0) is 15.1. The fraction of sp³-hybridized carbons (Fsp3) is 0.286. The lowest BCUT2D eigenvalue weighted by Gasteiger charge is -2.07. The first-order chi connectivity index (χ1) is 10.1. The van der Waals surface area contributed by atoms with Crippen LogP contribution in [0, 0.1) is 0 Å². The summed E-state index contributed by atoms with van der Waals surface area (Å²) < 4.78 is 26.8. The monoisotopic (exact) mass is 307 g/mol. The fourth-order valence-corrected chi connectivity index (χ4v) is 2.79. The molecule has 0 bridgehead atoms. The highest BCUT2D eigenvalue weighted by atomic mass is 32.2. The van der Waals surface area contributed by atoms with Gasteiger partial charge >= 0.3 is 0 Å². The summed E-state index contributed by atoms with van der Waals surface area (Å²) in [5.74, 6) is 0. The van der Waals surface area contributed by atoms with Crippen LogP contribution in [-0.2, 0) is 23.0 Å². The van der Waals surface area contributed by atoms with E-state index in [1.165, 1.54) is 6.33 Å². The van der Waals surface area contributed by atoms with Crippen LogP contribution in [0.3, 0.4) is 0 Å². The third-order valence-corrected chi connectivity index (χ3v) is 4.36. The number of aryl methyl sites for hydroxylation is 1. The number of rotatable bonds is 7. The van der Waals surface area contributed by atoms with Gasteiger partial charge in [0.15, 0.2) is 0 Å². The molecule has 0 atom stereocenters. The van der Waals surface area contributed by atoms with Gasteiger partial charge in [-0.1, -0.05) is 12.1 Å². The highest BCUT2D eigenvalue weighted by Crippen LogP contribution is 2.12. The molecule has 0 saturated carbocycles. The molecule has 21 heavy (non-hydrogen) atoms. The minimum atomic E-state index is -3.56. The number of aliphatic hydroxyl groups is 1. The highest BCUT2D eigenvalue weighted by Gasteiger charge is 2.13. The van der Waals surface area contributed by atoms with E-state index in [0.717, 1.165) is 12.0 Å². The Kier molecular flexibility index (Phi) is 5.38. The normalized spacial score (nSPS) is 11.5. The minimum Gasteiger partial charge on any atom is -0.396 e. The van der Waals surface area contributed by atoms with Crippen molar-refractivity contribution in [3.8, 4) is 0 Å². The van der Waals surface area contributed by atoms with Crippen molar-refractivity contribution in [2.24, 2.45) is 0 Å². The number of sulfonamides is 1. The molecule has 0 fully saturated rings. The first kappa shape index (κ1) is 15.6. The average molecular weight is 307 g/mol. The van der Waals surface area contributed by atoms with E-state index < -0.39 is 10.0 Å².